The Labute approximate surface area is 191 Å². The van der Waals surface area contributed by atoms with Crippen molar-refractivity contribution in [1.82, 2.24) is 0 Å². The average molecular weight is 455 g/mol. The van der Waals surface area contributed by atoms with Gasteiger partial charge in [-0.1, -0.05) is 19.3 Å². The molecule has 0 atom stereocenters. The van der Waals surface area contributed by atoms with Gasteiger partial charge in [-0.25, -0.2) is 20.2 Å². The molecule has 5 rings (SSSR count). The van der Waals surface area contributed by atoms with Crippen molar-refractivity contribution in [2.24, 2.45) is 0 Å². The molecule has 31 heavy (non-hydrogen) atoms. The largest absolute Gasteiger partial charge is 0.263 e. The molecule has 1 fully saturated rings. The Bertz CT molecular complexity index is 1470. The number of hydrogen-bond donors (Lipinski definition) is 0. The summed E-state index contributed by atoms with van der Waals surface area (Å²) in [6.07, 6.45) is 11.3. The molecule has 1 saturated carbocycles. The van der Waals surface area contributed by atoms with Gasteiger partial charge in [0.2, 0.25) is 0 Å². The number of nitrogens with zero attached hydrogens (tertiary/aromatic N) is 4. The van der Waals surface area contributed by atoms with E-state index in [9.17, 15) is 5.26 Å². The first kappa shape index (κ1) is 19.7. The molecule has 148 valence electrons. The Morgan fingerprint density at radius 1 is 0.935 bits per heavy atom. The lowest BCUT2D eigenvalue weighted by atomic mass is 9.67. The van der Waals surface area contributed by atoms with Gasteiger partial charge in [0.15, 0.2) is 0 Å². The van der Waals surface area contributed by atoms with E-state index in [1.54, 1.807) is 40.1 Å². The van der Waals surface area contributed by atoms with Crippen LogP contribution in [-0.4, -0.2) is 0 Å². The highest BCUT2D eigenvalue weighted by atomic mass is 32.1. The summed E-state index contributed by atoms with van der Waals surface area (Å²) in [6, 6.07) is 6.05. The summed E-state index contributed by atoms with van der Waals surface area (Å²) >= 11 is 5.21. The number of hydrogen-bond acceptors (Lipinski definition) is 5. The highest BCUT2D eigenvalue weighted by Gasteiger charge is 2.44. The van der Waals surface area contributed by atoms with Crippen LogP contribution in [-0.2, 0) is 5.41 Å². The van der Waals surface area contributed by atoms with Crippen LogP contribution in [0, 0.1) is 35.8 Å². The van der Waals surface area contributed by atoms with E-state index in [0.717, 1.165) is 36.1 Å². The molecule has 1 spiro atoms. The van der Waals surface area contributed by atoms with E-state index >= 15 is 0 Å². The minimum atomic E-state index is -0.0909. The third kappa shape index (κ3) is 2.95. The first-order chi connectivity index (χ1) is 15.1. The number of allylic oxidation sites excluding steroid dienone is 4. The lowest BCUT2D eigenvalue weighted by molar-refractivity contribution is 0.353. The second-order valence-corrected chi connectivity index (χ2v) is 10.9. The standard InChI is InChI=1S/C24H14N4S3/c1-27-15(12-25)8-14-9-18-20(24(14)6-4-3-5-7-24)22-23(30-18)21-19(31-22)11-17(29-21)10-16(13-26)28-2/h8-11H,3-7H2/b15-8+,16-10-. The fourth-order valence-electron chi connectivity index (χ4n) is 4.80. The van der Waals surface area contributed by atoms with Gasteiger partial charge in [-0.05, 0) is 48.3 Å². The third-order valence-electron chi connectivity index (χ3n) is 6.09. The van der Waals surface area contributed by atoms with Crippen LogP contribution in [0.15, 0.2) is 29.1 Å². The second-order valence-electron chi connectivity index (χ2n) is 7.69. The maximum atomic E-state index is 9.31. The zero-order valence-electron chi connectivity index (χ0n) is 16.4. The van der Waals surface area contributed by atoms with Crippen molar-refractivity contribution >= 4 is 65.0 Å². The lowest BCUT2D eigenvalue weighted by Crippen LogP contribution is -2.28. The Morgan fingerprint density at radius 2 is 1.65 bits per heavy atom. The Hall–Kier alpha value is -3.20. The van der Waals surface area contributed by atoms with Crippen molar-refractivity contribution in [3.05, 3.63) is 67.3 Å². The highest BCUT2D eigenvalue weighted by molar-refractivity contribution is 7.39. The second kappa shape index (κ2) is 7.49. The first-order valence-corrected chi connectivity index (χ1v) is 12.3. The summed E-state index contributed by atoms with van der Waals surface area (Å²) in [4.78, 5) is 8.86. The molecule has 0 amide bonds. The maximum Gasteiger partial charge on any atom is 0.263 e. The molecule has 3 aromatic heterocycles. The first-order valence-electron chi connectivity index (χ1n) is 9.83. The molecule has 0 aliphatic heterocycles. The van der Waals surface area contributed by atoms with Gasteiger partial charge in [0, 0.05) is 19.9 Å². The Kier molecular flexibility index (Phi) is 4.77. The van der Waals surface area contributed by atoms with Gasteiger partial charge in [-0.2, -0.15) is 0 Å². The van der Waals surface area contributed by atoms with Crippen LogP contribution in [0.1, 0.15) is 47.4 Å². The van der Waals surface area contributed by atoms with E-state index in [1.807, 2.05) is 18.2 Å². The minimum absolute atomic E-state index is 0.0909. The normalized spacial score (nSPS) is 17.7. The van der Waals surface area contributed by atoms with Crippen molar-refractivity contribution in [1.29, 1.82) is 10.5 Å². The summed E-state index contributed by atoms with van der Waals surface area (Å²) in [5.74, 6) is 0. The van der Waals surface area contributed by atoms with Crippen LogP contribution in [0.2, 0.25) is 0 Å². The van der Waals surface area contributed by atoms with Gasteiger partial charge in [-0.3, -0.25) is 0 Å². The lowest BCUT2D eigenvalue weighted by Gasteiger charge is -2.36. The van der Waals surface area contributed by atoms with Crippen LogP contribution >= 0.6 is 34.0 Å². The van der Waals surface area contributed by atoms with Gasteiger partial charge in [0.1, 0.15) is 0 Å². The number of nitriles is 2. The molecule has 0 saturated heterocycles. The van der Waals surface area contributed by atoms with Gasteiger partial charge in [-0.15, -0.1) is 34.0 Å². The minimum Gasteiger partial charge on any atom is -0.227 e. The molecule has 4 nitrogen and oxygen atoms in total. The van der Waals surface area contributed by atoms with Crippen molar-refractivity contribution in [2.45, 2.75) is 37.5 Å². The smallest absolute Gasteiger partial charge is 0.227 e. The SMILES string of the molecule is [C-]#[N+]/C(C#N)=C\c1cc2sc3c4c(sc3c2s1)C=C(/C=C(\C#N)[N+]#[C-])C41CCCCC1. The third-order valence-corrected chi connectivity index (χ3v) is 9.89. The predicted octanol–water partition coefficient (Wildman–Crippen LogP) is 7.89. The predicted molar refractivity (Wildman–Crippen MR) is 128 cm³/mol. The van der Waals surface area contributed by atoms with Crippen molar-refractivity contribution in [3.8, 4) is 12.1 Å². The van der Waals surface area contributed by atoms with E-state index in [4.69, 9.17) is 18.4 Å². The van der Waals surface area contributed by atoms with Crippen molar-refractivity contribution < 1.29 is 0 Å². The number of rotatable bonds is 2. The van der Waals surface area contributed by atoms with Gasteiger partial charge >= 0.3 is 0 Å². The molecule has 2 aliphatic carbocycles. The van der Waals surface area contributed by atoms with E-state index in [2.05, 4.69) is 21.8 Å². The monoisotopic (exact) mass is 454 g/mol. The molecule has 7 heteroatoms. The fraction of sp³-hybridized carbons (Fsp3) is 0.250. The zero-order valence-corrected chi connectivity index (χ0v) is 18.8. The summed E-state index contributed by atoms with van der Waals surface area (Å²) < 4.78 is 5.02. The van der Waals surface area contributed by atoms with Crippen LogP contribution in [0.3, 0.4) is 0 Å². The van der Waals surface area contributed by atoms with Gasteiger partial charge < -0.3 is 0 Å². The molecule has 3 aromatic rings. The molecule has 2 aliphatic rings. The van der Waals surface area contributed by atoms with Crippen LogP contribution in [0.25, 0.3) is 40.6 Å². The topological polar surface area (TPSA) is 56.3 Å². The molecule has 0 bridgehead atoms. The molecule has 0 N–H and O–H groups in total. The van der Waals surface area contributed by atoms with E-state index in [-0.39, 0.29) is 16.8 Å². The molecular weight excluding hydrogens is 440 g/mol. The van der Waals surface area contributed by atoms with Crippen molar-refractivity contribution in [3.63, 3.8) is 0 Å². The Morgan fingerprint density at radius 3 is 2.32 bits per heavy atom. The molecule has 0 unspecified atom stereocenters. The van der Waals surface area contributed by atoms with E-state index in [1.165, 1.54) is 35.7 Å². The van der Waals surface area contributed by atoms with Crippen LogP contribution in [0.5, 0.6) is 0 Å². The number of fused-ring (bicyclic) bond motifs is 6. The highest BCUT2D eigenvalue weighted by Crippen LogP contribution is 2.59. The summed E-state index contributed by atoms with van der Waals surface area (Å²) in [6.45, 7) is 14.4. The number of thiophene rings is 3. The van der Waals surface area contributed by atoms with Gasteiger partial charge in [0.05, 0.1) is 39.4 Å². The van der Waals surface area contributed by atoms with Gasteiger partial charge in [0.25, 0.3) is 11.4 Å². The fourth-order valence-corrected chi connectivity index (χ4v) is 9.16. The molecule has 0 aromatic carbocycles. The van der Waals surface area contributed by atoms with Crippen LogP contribution < -0.4 is 0 Å². The molecule has 3 heterocycles. The van der Waals surface area contributed by atoms with E-state index < -0.39 is 0 Å². The summed E-state index contributed by atoms with van der Waals surface area (Å²) in [5, 5.41) is 18.4. The average Bonchev–Trinajstić information content (AvgIpc) is 3.49. The molecule has 0 radical (unpaired) electrons. The van der Waals surface area contributed by atoms with Crippen LogP contribution in [0.4, 0.5) is 0 Å². The maximum absolute atomic E-state index is 9.31. The summed E-state index contributed by atoms with van der Waals surface area (Å²) in [7, 11) is 0. The van der Waals surface area contributed by atoms with E-state index in [0.29, 0.717) is 0 Å². The Balaban J connectivity index is 1.70. The van der Waals surface area contributed by atoms with Crippen molar-refractivity contribution in [2.75, 3.05) is 0 Å². The quantitative estimate of drug-likeness (QED) is 0.292. The molecular formula is C24H14N4S3. The zero-order chi connectivity index (χ0) is 21.6. The summed E-state index contributed by atoms with van der Waals surface area (Å²) in [5.41, 5.74) is 2.68.